The Labute approximate surface area is 213 Å². The van der Waals surface area contributed by atoms with Crippen LogP contribution in [0.5, 0.6) is 0 Å². The van der Waals surface area contributed by atoms with Crippen molar-refractivity contribution in [1.82, 2.24) is 0 Å². The van der Waals surface area contributed by atoms with Gasteiger partial charge in [0.05, 0.1) is 0 Å². The molecule has 176 valence electrons. The second-order valence-electron chi connectivity index (χ2n) is 10.2. The van der Waals surface area contributed by atoms with E-state index < -0.39 is 11.2 Å². The average molecular weight is 469 g/mol. The average Bonchev–Trinajstić information content (AvgIpc) is 2.90. The number of rotatable bonds is 0. The van der Waals surface area contributed by atoms with Crippen molar-refractivity contribution >= 4 is 0 Å². The highest BCUT2D eigenvalue weighted by Crippen LogP contribution is 2.48. The van der Waals surface area contributed by atoms with E-state index in [2.05, 4.69) is 44.5 Å². The molecule has 0 fully saturated rings. The van der Waals surface area contributed by atoms with Crippen molar-refractivity contribution in [3.8, 4) is 23.7 Å². The molecule has 0 radical (unpaired) electrons. The van der Waals surface area contributed by atoms with Crippen molar-refractivity contribution in [2.45, 2.75) is 37.4 Å². The summed E-state index contributed by atoms with van der Waals surface area (Å²) in [6.07, 6.45) is 0. The zero-order chi connectivity index (χ0) is 25.4. The van der Waals surface area contributed by atoms with Crippen molar-refractivity contribution in [3.63, 3.8) is 0 Å². The minimum atomic E-state index is -1.62. The first kappa shape index (κ1) is 23.7. The Balaban J connectivity index is 1.80. The smallest absolute Gasteiger partial charge is 0.178 e. The molecule has 0 saturated heterocycles. The van der Waals surface area contributed by atoms with Gasteiger partial charge in [-0.2, -0.15) is 0 Å². The fraction of sp³-hybridized carbons (Fsp3) is 0.176. The first-order valence-electron chi connectivity index (χ1n) is 12.1. The Morgan fingerprint density at radius 3 is 1.42 bits per heavy atom. The van der Waals surface area contributed by atoms with Crippen molar-refractivity contribution < 1.29 is 10.2 Å². The lowest BCUT2D eigenvalue weighted by atomic mass is 9.66. The van der Waals surface area contributed by atoms with E-state index in [0.29, 0.717) is 22.3 Å². The number of aliphatic hydroxyl groups is 2. The maximum atomic E-state index is 12.3. The van der Waals surface area contributed by atoms with Crippen LogP contribution in [0.3, 0.4) is 0 Å². The van der Waals surface area contributed by atoms with Gasteiger partial charge in [0, 0.05) is 33.4 Å². The van der Waals surface area contributed by atoms with Gasteiger partial charge in [0.25, 0.3) is 0 Å². The predicted octanol–water partition coefficient (Wildman–Crippen LogP) is 5.87. The monoisotopic (exact) mass is 468 g/mol. The molecule has 0 amide bonds. The number of fused-ring (bicyclic) bond motifs is 2. The molecular formula is C34H28O2. The lowest BCUT2D eigenvalue weighted by Crippen LogP contribution is -2.42. The number of benzene rings is 4. The zero-order valence-corrected chi connectivity index (χ0v) is 20.7. The van der Waals surface area contributed by atoms with Gasteiger partial charge in [-0.15, -0.1) is 0 Å². The molecule has 0 spiro atoms. The molecule has 5 rings (SSSR count). The highest BCUT2D eigenvalue weighted by atomic mass is 16.3. The third kappa shape index (κ3) is 4.12. The highest BCUT2D eigenvalue weighted by molar-refractivity contribution is 5.65. The highest BCUT2D eigenvalue weighted by Gasteiger charge is 2.48. The van der Waals surface area contributed by atoms with Crippen LogP contribution in [0.15, 0.2) is 103 Å². The molecular weight excluding hydrogens is 440 g/mol. The van der Waals surface area contributed by atoms with E-state index in [1.807, 2.05) is 103 Å². The maximum absolute atomic E-state index is 12.3. The summed E-state index contributed by atoms with van der Waals surface area (Å²) in [5, 5.41) is 24.5. The summed E-state index contributed by atoms with van der Waals surface area (Å²) < 4.78 is 0. The van der Waals surface area contributed by atoms with E-state index >= 15 is 0 Å². The first-order chi connectivity index (χ1) is 17.2. The molecule has 0 unspecified atom stereocenters. The van der Waals surface area contributed by atoms with E-state index in [0.717, 1.165) is 16.7 Å². The van der Waals surface area contributed by atoms with Crippen molar-refractivity contribution in [2.24, 2.45) is 0 Å². The van der Waals surface area contributed by atoms with Gasteiger partial charge in [-0.3, -0.25) is 0 Å². The second kappa shape index (κ2) is 8.85. The molecule has 0 aromatic heterocycles. The van der Waals surface area contributed by atoms with Gasteiger partial charge in [-0.25, -0.2) is 0 Å². The SMILES string of the molecule is CC(C)(C)c1ccc2c(c1)[C@](O)(C#Cc1ccccc1)c1ccccc1[C@]2(O)C#Cc1ccccc1. The molecule has 1 aliphatic rings. The number of hydrogen-bond acceptors (Lipinski definition) is 2. The minimum absolute atomic E-state index is 0.159. The van der Waals surface area contributed by atoms with Gasteiger partial charge in [0.15, 0.2) is 11.2 Å². The third-order valence-corrected chi connectivity index (χ3v) is 6.69. The normalized spacial score (nSPS) is 20.1. The van der Waals surface area contributed by atoms with E-state index in [9.17, 15) is 10.2 Å². The minimum Gasteiger partial charge on any atom is -0.369 e. The van der Waals surface area contributed by atoms with Gasteiger partial charge in [0.1, 0.15) is 0 Å². The molecule has 2 N–H and O–H groups in total. The van der Waals surface area contributed by atoms with Crippen LogP contribution in [0.25, 0.3) is 0 Å². The zero-order valence-electron chi connectivity index (χ0n) is 20.7. The Morgan fingerprint density at radius 2 is 0.944 bits per heavy atom. The fourth-order valence-electron chi connectivity index (χ4n) is 4.67. The Hall–Kier alpha value is -4.08. The molecule has 2 atom stereocenters. The van der Waals surface area contributed by atoms with Gasteiger partial charge in [0.2, 0.25) is 0 Å². The van der Waals surface area contributed by atoms with Gasteiger partial charge >= 0.3 is 0 Å². The first-order valence-corrected chi connectivity index (χ1v) is 12.1. The Bertz CT molecular complexity index is 1540. The molecule has 4 aromatic carbocycles. The van der Waals surface area contributed by atoms with Crippen LogP contribution in [-0.2, 0) is 16.6 Å². The largest absolute Gasteiger partial charge is 0.369 e. The van der Waals surface area contributed by atoms with Crippen LogP contribution in [0.4, 0.5) is 0 Å². The molecule has 2 nitrogen and oxygen atoms in total. The van der Waals surface area contributed by atoms with Crippen LogP contribution >= 0.6 is 0 Å². The van der Waals surface area contributed by atoms with Gasteiger partial charge < -0.3 is 10.2 Å². The predicted molar refractivity (Wildman–Crippen MR) is 144 cm³/mol. The van der Waals surface area contributed by atoms with Crippen molar-refractivity contribution in [1.29, 1.82) is 0 Å². The lowest BCUT2D eigenvalue weighted by Gasteiger charge is -2.40. The van der Waals surface area contributed by atoms with E-state index in [1.54, 1.807) is 0 Å². The second-order valence-corrected chi connectivity index (χ2v) is 10.2. The molecule has 1 aliphatic carbocycles. The van der Waals surface area contributed by atoms with E-state index in [4.69, 9.17) is 0 Å². The van der Waals surface area contributed by atoms with Crippen LogP contribution in [0.2, 0.25) is 0 Å². The van der Waals surface area contributed by atoms with Gasteiger partial charge in [-0.1, -0.05) is 123 Å². The van der Waals surface area contributed by atoms with Gasteiger partial charge in [-0.05, 0) is 35.2 Å². The van der Waals surface area contributed by atoms with E-state index in [1.165, 1.54) is 0 Å². The quantitative estimate of drug-likeness (QED) is 0.317. The molecule has 36 heavy (non-hydrogen) atoms. The third-order valence-electron chi connectivity index (χ3n) is 6.69. The topological polar surface area (TPSA) is 40.5 Å². The molecule has 0 bridgehead atoms. The fourth-order valence-corrected chi connectivity index (χ4v) is 4.67. The summed E-state index contributed by atoms with van der Waals surface area (Å²) in [5.74, 6) is 12.6. The summed E-state index contributed by atoms with van der Waals surface area (Å²) in [6.45, 7) is 6.38. The standard InChI is InChI=1S/C34H28O2/c1-32(2,3)27-18-19-30-31(24-27)34(36,23-21-26-14-8-5-9-15-26)29-17-11-10-16-28(29)33(30,35)22-20-25-12-6-4-7-13-25/h4-19,24,35-36H,1-3H3/t33-,34+/m1/s1. The molecule has 0 heterocycles. The molecule has 4 aromatic rings. The molecule has 0 saturated carbocycles. The molecule has 2 heteroatoms. The molecule has 0 aliphatic heterocycles. The summed E-state index contributed by atoms with van der Waals surface area (Å²) in [7, 11) is 0. The van der Waals surface area contributed by atoms with Crippen LogP contribution in [0.1, 0.15) is 59.7 Å². The van der Waals surface area contributed by atoms with Crippen LogP contribution in [-0.4, -0.2) is 10.2 Å². The Morgan fingerprint density at radius 1 is 0.528 bits per heavy atom. The van der Waals surface area contributed by atoms with Crippen molar-refractivity contribution in [2.75, 3.05) is 0 Å². The summed E-state index contributed by atoms with van der Waals surface area (Å²) in [5.41, 5.74) is 1.44. The van der Waals surface area contributed by atoms with E-state index in [-0.39, 0.29) is 5.41 Å². The summed E-state index contributed by atoms with van der Waals surface area (Å²) in [4.78, 5) is 0. The van der Waals surface area contributed by atoms with Crippen LogP contribution < -0.4 is 0 Å². The summed E-state index contributed by atoms with van der Waals surface area (Å²) >= 11 is 0. The maximum Gasteiger partial charge on any atom is 0.178 e. The van der Waals surface area contributed by atoms with Crippen LogP contribution in [0, 0.1) is 23.7 Å². The Kier molecular flexibility index (Phi) is 5.82. The number of hydrogen-bond donors (Lipinski definition) is 2. The lowest BCUT2D eigenvalue weighted by molar-refractivity contribution is 0.0942. The summed E-state index contributed by atoms with van der Waals surface area (Å²) in [6, 6.07) is 32.5. The van der Waals surface area contributed by atoms with Crippen molar-refractivity contribution in [3.05, 3.63) is 142 Å².